The summed E-state index contributed by atoms with van der Waals surface area (Å²) in [6, 6.07) is 24.5. The summed E-state index contributed by atoms with van der Waals surface area (Å²) in [5.74, 6) is 1.67. The molecule has 3 nitrogen and oxygen atoms in total. The zero-order chi connectivity index (χ0) is 15.5. The third-order valence-electron chi connectivity index (χ3n) is 3.81. The first-order valence-electron chi connectivity index (χ1n) is 7.59. The first-order valence-corrected chi connectivity index (χ1v) is 7.59. The molecule has 0 unspecified atom stereocenters. The fourth-order valence-electron chi connectivity index (χ4n) is 2.61. The van der Waals surface area contributed by atoms with Gasteiger partial charge in [0, 0.05) is 0 Å². The number of hydrogen-bond acceptors (Lipinski definition) is 2. The number of fused-ring (bicyclic) bond motifs is 1. The molecule has 0 aliphatic carbocycles. The third-order valence-corrected chi connectivity index (χ3v) is 3.81. The fraction of sp³-hybridized carbons (Fsp3) is 0.0500. The minimum Gasteiger partial charge on any atom is -0.486 e. The highest BCUT2D eigenvalue weighted by atomic mass is 16.5. The lowest BCUT2D eigenvalue weighted by molar-refractivity contribution is 0.297. The van der Waals surface area contributed by atoms with E-state index in [1.165, 1.54) is 10.8 Å². The Morgan fingerprint density at radius 2 is 1.61 bits per heavy atom. The summed E-state index contributed by atoms with van der Waals surface area (Å²) in [6.07, 6.45) is 1.84. The maximum Gasteiger partial charge on any atom is 0.146 e. The molecule has 0 saturated carbocycles. The molecule has 0 saturated heterocycles. The number of hydrogen-bond donors (Lipinski definition) is 1. The summed E-state index contributed by atoms with van der Waals surface area (Å²) in [5.41, 5.74) is 2.12. The van der Waals surface area contributed by atoms with Crippen molar-refractivity contribution in [3.63, 3.8) is 0 Å². The van der Waals surface area contributed by atoms with Gasteiger partial charge in [0.15, 0.2) is 0 Å². The van der Waals surface area contributed by atoms with Gasteiger partial charge in [-0.05, 0) is 28.5 Å². The van der Waals surface area contributed by atoms with E-state index in [2.05, 4.69) is 46.4 Å². The number of nitrogens with one attached hydrogen (secondary N) is 1. The molecule has 0 amide bonds. The largest absolute Gasteiger partial charge is 0.486 e. The second-order valence-corrected chi connectivity index (χ2v) is 5.41. The molecule has 1 heterocycles. The van der Waals surface area contributed by atoms with Crippen LogP contribution in [0, 0.1) is 0 Å². The molecule has 0 aliphatic heterocycles. The zero-order valence-electron chi connectivity index (χ0n) is 12.6. The van der Waals surface area contributed by atoms with E-state index < -0.39 is 0 Å². The number of nitrogens with zero attached hydrogens (tertiary/aromatic N) is 1. The molecule has 3 heteroatoms. The highest BCUT2D eigenvalue weighted by Crippen LogP contribution is 2.22. The van der Waals surface area contributed by atoms with E-state index in [4.69, 9.17) is 4.74 Å². The molecule has 23 heavy (non-hydrogen) atoms. The van der Waals surface area contributed by atoms with Crippen LogP contribution in [0.3, 0.4) is 0 Å². The standard InChI is InChI=1S/C20H16N2O/c1-2-7-16(8-3-1)19-13-21-20(22-19)14-23-18-11-10-15-6-4-5-9-17(15)12-18/h1-13H,14H2,(H,21,22). The second kappa shape index (κ2) is 5.97. The summed E-state index contributed by atoms with van der Waals surface area (Å²) < 4.78 is 5.86. The van der Waals surface area contributed by atoms with E-state index >= 15 is 0 Å². The molecular formula is C20H16N2O. The average molecular weight is 300 g/mol. The Bertz CT molecular complexity index is 928. The number of benzene rings is 3. The normalized spacial score (nSPS) is 10.8. The van der Waals surface area contributed by atoms with Gasteiger partial charge in [-0.1, -0.05) is 60.7 Å². The Kier molecular flexibility index (Phi) is 3.53. The van der Waals surface area contributed by atoms with Crippen LogP contribution in [0.1, 0.15) is 5.82 Å². The number of ether oxygens (including phenoxy) is 1. The third kappa shape index (κ3) is 2.94. The lowest BCUT2D eigenvalue weighted by Gasteiger charge is -2.05. The zero-order valence-corrected chi connectivity index (χ0v) is 12.6. The number of H-pyrrole nitrogens is 1. The van der Waals surface area contributed by atoms with Crippen molar-refractivity contribution in [2.75, 3.05) is 0 Å². The van der Waals surface area contributed by atoms with Crippen LogP contribution in [-0.2, 0) is 6.61 Å². The van der Waals surface area contributed by atoms with Gasteiger partial charge in [0.25, 0.3) is 0 Å². The van der Waals surface area contributed by atoms with Crippen LogP contribution in [-0.4, -0.2) is 9.97 Å². The Labute approximate surface area is 134 Å². The molecule has 0 radical (unpaired) electrons. The second-order valence-electron chi connectivity index (χ2n) is 5.41. The van der Waals surface area contributed by atoms with Crippen LogP contribution >= 0.6 is 0 Å². The number of imidazole rings is 1. The minimum absolute atomic E-state index is 0.422. The summed E-state index contributed by atoms with van der Waals surface area (Å²) in [7, 11) is 0. The summed E-state index contributed by atoms with van der Waals surface area (Å²) >= 11 is 0. The van der Waals surface area contributed by atoms with E-state index in [1.807, 2.05) is 42.6 Å². The Balaban J connectivity index is 1.49. The number of rotatable bonds is 4. The van der Waals surface area contributed by atoms with Crippen LogP contribution < -0.4 is 4.74 Å². The summed E-state index contributed by atoms with van der Waals surface area (Å²) in [6.45, 7) is 0.422. The average Bonchev–Trinajstić information content (AvgIpc) is 3.10. The predicted molar refractivity (Wildman–Crippen MR) is 92.3 cm³/mol. The van der Waals surface area contributed by atoms with Crippen molar-refractivity contribution in [3.8, 4) is 17.0 Å². The number of aromatic amines is 1. The van der Waals surface area contributed by atoms with Gasteiger partial charge in [0.1, 0.15) is 18.2 Å². The molecule has 0 aliphatic rings. The Morgan fingerprint density at radius 3 is 2.48 bits per heavy atom. The quantitative estimate of drug-likeness (QED) is 0.587. The van der Waals surface area contributed by atoms with Crippen LogP contribution in [0.4, 0.5) is 0 Å². The van der Waals surface area contributed by atoms with Gasteiger partial charge in [-0.25, -0.2) is 4.98 Å². The first-order chi connectivity index (χ1) is 11.4. The van der Waals surface area contributed by atoms with Gasteiger partial charge in [-0.2, -0.15) is 0 Å². The lowest BCUT2D eigenvalue weighted by atomic mass is 10.1. The molecule has 0 fully saturated rings. The molecular weight excluding hydrogens is 284 g/mol. The van der Waals surface area contributed by atoms with Gasteiger partial charge >= 0.3 is 0 Å². The lowest BCUT2D eigenvalue weighted by Crippen LogP contribution is -1.97. The Hall–Kier alpha value is -3.07. The van der Waals surface area contributed by atoms with E-state index in [1.54, 1.807) is 0 Å². The highest BCUT2D eigenvalue weighted by molar-refractivity contribution is 5.83. The van der Waals surface area contributed by atoms with Gasteiger partial charge in [-0.15, -0.1) is 0 Å². The fourth-order valence-corrected chi connectivity index (χ4v) is 2.61. The van der Waals surface area contributed by atoms with E-state index in [9.17, 15) is 0 Å². The SMILES string of the molecule is c1ccc(-c2cnc(COc3ccc4ccccc4c3)[nH]2)cc1. The Morgan fingerprint density at radius 1 is 0.826 bits per heavy atom. The van der Waals surface area contributed by atoms with E-state index in [-0.39, 0.29) is 0 Å². The molecule has 1 N–H and O–H groups in total. The molecule has 4 rings (SSSR count). The van der Waals surface area contributed by atoms with Gasteiger partial charge < -0.3 is 9.72 Å². The van der Waals surface area contributed by atoms with E-state index in [0.717, 1.165) is 22.8 Å². The highest BCUT2D eigenvalue weighted by Gasteiger charge is 2.04. The van der Waals surface area contributed by atoms with Crippen molar-refractivity contribution < 1.29 is 4.74 Å². The minimum atomic E-state index is 0.422. The van der Waals surface area contributed by atoms with Crippen molar-refractivity contribution in [2.45, 2.75) is 6.61 Å². The molecule has 112 valence electrons. The predicted octanol–water partition coefficient (Wildman–Crippen LogP) is 4.81. The molecule has 3 aromatic carbocycles. The molecule has 4 aromatic rings. The molecule has 0 spiro atoms. The van der Waals surface area contributed by atoms with Crippen LogP contribution in [0.15, 0.2) is 79.0 Å². The molecule has 0 bridgehead atoms. The molecule has 1 aromatic heterocycles. The smallest absolute Gasteiger partial charge is 0.146 e. The van der Waals surface area contributed by atoms with Gasteiger partial charge in [0.05, 0.1) is 11.9 Å². The van der Waals surface area contributed by atoms with Crippen molar-refractivity contribution in [2.24, 2.45) is 0 Å². The topological polar surface area (TPSA) is 37.9 Å². The van der Waals surface area contributed by atoms with Gasteiger partial charge in [0.2, 0.25) is 0 Å². The maximum absolute atomic E-state index is 5.86. The van der Waals surface area contributed by atoms with Crippen LogP contribution in [0.2, 0.25) is 0 Å². The van der Waals surface area contributed by atoms with Crippen molar-refractivity contribution >= 4 is 10.8 Å². The van der Waals surface area contributed by atoms with Crippen molar-refractivity contribution in [1.82, 2.24) is 9.97 Å². The van der Waals surface area contributed by atoms with E-state index in [0.29, 0.717) is 6.61 Å². The van der Waals surface area contributed by atoms with Gasteiger partial charge in [-0.3, -0.25) is 0 Å². The maximum atomic E-state index is 5.86. The number of aromatic nitrogens is 2. The van der Waals surface area contributed by atoms with Crippen LogP contribution in [0.25, 0.3) is 22.0 Å². The van der Waals surface area contributed by atoms with Crippen molar-refractivity contribution in [1.29, 1.82) is 0 Å². The summed E-state index contributed by atoms with van der Waals surface area (Å²) in [5, 5.41) is 2.39. The molecule has 0 atom stereocenters. The first kappa shape index (κ1) is 13.6. The van der Waals surface area contributed by atoms with Crippen molar-refractivity contribution in [3.05, 3.63) is 84.8 Å². The summed E-state index contributed by atoms with van der Waals surface area (Å²) in [4.78, 5) is 7.69. The monoisotopic (exact) mass is 300 g/mol. The van der Waals surface area contributed by atoms with Crippen LogP contribution in [0.5, 0.6) is 5.75 Å².